The van der Waals surface area contributed by atoms with E-state index in [-0.39, 0.29) is 5.69 Å². The van der Waals surface area contributed by atoms with Crippen LogP contribution in [0.3, 0.4) is 0 Å². The Balaban J connectivity index is 1.96. The first-order valence-corrected chi connectivity index (χ1v) is 8.67. The van der Waals surface area contributed by atoms with E-state index in [4.69, 9.17) is 4.74 Å². The molecule has 0 unspecified atom stereocenters. The van der Waals surface area contributed by atoms with Crippen LogP contribution >= 0.6 is 0 Å². The molecule has 0 radical (unpaired) electrons. The molecule has 7 heteroatoms. The molecular formula is C20H21F3N2O2. The maximum Gasteiger partial charge on any atom is 0.416 e. The molecule has 3 rings (SSSR count). The van der Waals surface area contributed by atoms with E-state index in [1.165, 1.54) is 6.07 Å². The minimum atomic E-state index is -4.48. The fraction of sp³-hybridized carbons (Fsp3) is 0.350. The van der Waals surface area contributed by atoms with E-state index in [2.05, 4.69) is 5.32 Å². The van der Waals surface area contributed by atoms with Crippen molar-refractivity contribution in [2.45, 2.75) is 20.0 Å². The average molecular weight is 378 g/mol. The third-order valence-electron chi connectivity index (χ3n) is 4.41. The monoisotopic (exact) mass is 378 g/mol. The lowest BCUT2D eigenvalue weighted by atomic mass is 10.1. The SMILES string of the molecule is Cc1cc(C)cc(C(=O)Nc2cc(C(F)(F)F)ccc2N2CCOCC2)c1. The molecule has 2 aromatic carbocycles. The van der Waals surface area contributed by atoms with Crippen molar-refractivity contribution in [3.63, 3.8) is 0 Å². The van der Waals surface area contributed by atoms with Crippen LogP contribution in [0.5, 0.6) is 0 Å². The Labute approximate surface area is 155 Å². The van der Waals surface area contributed by atoms with E-state index in [9.17, 15) is 18.0 Å². The van der Waals surface area contributed by atoms with Gasteiger partial charge in [-0.3, -0.25) is 4.79 Å². The van der Waals surface area contributed by atoms with E-state index in [0.29, 0.717) is 37.6 Å². The number of halogens is 3. The number of morpholine rings is 1. The van der Waals surface area contributed by atoms with Gasteiger partial charge in [0.1, 0.15) is 0 Å². The summed E-state index contributed by atoms with van der Waals surface area (Å²) in [5.74, 6) is -0.435. The number of rotatable bonds is 3. The highest BCUT2D eigenvalue weighted by atomic mass is 19.4. The molecule has 4 nitrogen and oxygen atoms in total. The Bertz CT molecular complexity index is 823. The van der Waals surface area contributed by atoms with Crippen molar-refractivity contribution in [1.29, 1.82) is 0 Å². The van der Waals surface area contributed by atoms with Gasteiger partial charge in [0.05, 0.1) is 30.2 Å². The van der Waals surface area contributed by atoms with Crippen molar-refractivity contribution in [3.05, 3.63) is 58.7 Å². The first-order chi connectivity index (χ1) is 12.7. The molecule has 2 aromatic rings. The summed E-state index contributed by atoms with van der Waals surface area (Å²) in [6.07, 6.45) is -4.48. The molecule has 1 saturated heterocycles. The number of carbonyl (C=O) groups is 1. The van der Waals surface area contributed by atoms with Crippen molar-refractivity contribution < 1.29 is 22.7 Å². The molecule has 0 aliphatic carbocycles. The number of amides is 1. The molecule has 0 spiro atoms. The third-order valence-corrected chi connectivity index (χ3v) is 4.41. The number of alkyl halides is 3. The summed E-state index contributed by atoms with van der Waals surface area (Å²) in [4.78, 5) is 14.6. The Morgan fingerprint density at radius 1 is 1.04 bits per heavy atom. The lowest BCUT2D eigenvalue weighted by molar-refractivity contribution is -0.137. The van der Waals surface area contributed by atoms with Crippen molar-refractivity contribution in [2.75, 3.05) is 36.5 Å². The van der Waals surface area contributed by atoms with Crippen LogP contribution in [0, 0.1) is 13.8 Å². The average Bonchev–Trinajstić information content (AvgIpc) is 2.61. The van der Waals surface area contributed by atoms with Crippen LogP contribution in [0.4, 0.5) is 24.5 Å². The van der Waals surface area contributed by atoms with Crippen molar-refractivity contribution >= 4 is 17.3 Å². The summed E-state index contributed by atoms with van der Waals surface area (Å²) in [6, 6.07) is 8.79. The van der Waals surface area contributed by atoms with Crippen LogP contribution in [0.2, 0.25) is 0 Å². The minimum absolute atomic E-state index is 0.149. The highest BCUT2D eigenvalue weighted by Crippen LogP contribution is 2.36. The smallest absolute Gasteiger partial charge is 0.378 e. The van der Waals surface area contributed by atoms with E-state index < -0.39 is 17.6 Å². The van der Waals surface area contributed by atoms with Gasteiger partial charge >= 0.3 is 6.18 Å². The molecule has 1 aliphatic rings. The number of ether oxygens (including phenoxy) is 1. The zero-order valence-corrected chi connectivity index (χ0v) is 15.2. The minimum Gasteiger partial charge on any atom is -0.378 e. The Morgan fingerprint density at radius 3 is 2.26 bits per heavy atom. The fourth-order valence-electron chi connectivity index (χ4n) is 3.19. The van der Waals surface area contributed by atoms with E-state index in [1.54, 1.807) is 12.1 Å². The molecule has 0 aromatic heterocycles. The molecule has 1 amide bonds. The van der Waals surface area contributed by atoms with Crippen LogP contribution in [-0.4, -0.2) is 32.2 Å². The van der Waals surface area contributed by atoms with Crippen molar-refractivity contribution in [2.24, 2.45) is 0 Å². The van der Waals surface area contributed by atoms with E-state index in [0.717, 1.165) is 23.3 Å². The zero-order valence-electron chi connectivity index (χ0n) is 15.2. The number of anilines is 2. The number of carbonyl (C=O) groups excluding carboxylic acids is 1. The molecule has 1 N–H and O–H groups in total. The van der Waals surface area contributed by atoms with Crippen LogP contribution in [0.1, 0.15) is 27.0 Å². The van der Waals surface area contributed by atoms with Gasteiger partial charge in [-0.05, 0) is 44.2 Å². The lowest BCUT2D eigenvalue weighted by Crippen LogP contribution is -2.36. The van der Waals surface area contributed by atoms with Crippen LogP contribution in [-0.2, 0) is 10.9 Å². The van der Waals surface area contributed by atoms with E-state index in [1.807, 2.05) is 24.8 Å². The summed E-state index contributed by atoms with van der Waals surface area (Å²) in [7, 11) is 0. The standard InChI is InChI=1S/C20H21F3N2O2/c1-13-9-14(2)11-15(10-13)19(26)24-17-12-16(20(21,22)23)3-4-18(17)25-5-7-27-8-6-25/h3-4,9-12H,5-8H2,1-2H3,(H,24,26). The number of benzene rings is 2. The predicted octanol–water partition coefficient (Wildman–Crippen LogP) is 4.41. The molecule has 0 saturated carbocycles. The van der Waals surface area contributed by atoms with Crippen LogP contribution in [0.15, 0.2) is 36.4 Å². The van der Waals surface area contributed by atoms with Crippen LogP contribution in [0.25, 0.3) is 0 Å². The third kappa shape index (κ3) is 4.60. The van der Waals surface area contributed by atoms with Gasteiger partial charge in [0.25, 0.3) is 5.91 Å². The van der Waals surface area contributed by atoms with Gasteiger partial charge < -0.3 is 15.0 Å². The van der Waals surface area contributed by atoms with Gasteiger partial charge in [-0.1, -0.05) is 17.2 Å². The summed E-state index contributed by atoms with van der Waals surface area (Å²) in [5.41, 5.74) is 2.16. The van der Waals surface area contributed by atoms with Gasteiger partial charge in [-0.2, -0.15) is 13.2 Å². The summed E-state index contributed by atoms with van der Waals surface area (Å²) < 4.78 is 44.8. The molecule has 1 aliphatic heterocycles. The van der Waals surface area contributed by atoms with Gasteiger partial charge in [-0.15, -0.1) is 0 Å². The summed E-state index contributed by atoms with van der Waals surface area (Å²) in [6.45, 7) is 5.83. The largest absolute Gasteiger partial charge is 0.416 e. The number of nitrogens with zero attached hydrogens (tertiary/aromatic N) is 1. The second-order valence-corrected chi connectivity index (χ2v) is 6.66. The summed E-state index contributed by atoms with van der Waals surface area (Å²) >= 11 is 0. The highest BCUT2D eigenvalue weighted by molar-refractivity contribution is 6.06. The first-order valence-electron chi connectivity index (χ1n) is 8.67. The van der Waals surface area contributed by atoms with Gasteiger partial charge in [0.15, 0.2) is 0 Å². The number of nitrogens with one attached hydrogen (secondary N) is 1. The molecule has 27 heavy (non-hydrogen) atoms. The number of hydrogen-bond acceptors (Lipinski definition) is 3. The fourth-order valence-corrected chi connectivity index (χ4v) is 3.19. The molecule has 0 bridgehead atoms. The maximum atomic E-state index is 13.2. The predicted molar refractivity (Wildman–Crippen MR) is 98.3 cm³/mol. The second kappa shape index (κ2) is 7.60. The Hall–Kier alpha value is -2.54. The maximum absolute atomic E-state index is 13.2. The van der Waals surface area contributed by atoms with Gasteiger partial charge in [-0.25, -0.2) is 0 Å². The lowest BCUT2D eigenvalue weighted by Gasteiger charge is -2.31. The normalized spacial score (nSPS) is 14.9. The highest BCUT2D eigenvalue weighted by Gasteiger charge is 2.32. The first kappa shape index (κ1) is 19.2. The second-order valence-electron chi connectivity index (χ2n) is 6.66. The quantitative estimate of drug-likeness (QED) is 0.860. The Kier molecular flexibility index (Phi) is 5.41. The Morgan fingerprint density at radius 2 is 1.67 bits per heavy atom. The van der Waals surface area contributed by atoms with E-state index >= 15 is 0 Å². The number of aryl methyl sites for hydroxylation is 2. The molecule has 1 heterocycles. The molecular weight excluding hydrogens is 357 g/mol. The van der Waals surface area contributed by atoms with Crippen molar-refractivity contribution in [1.82, 2.24) is 0 Å². The number of hydrogen-bond donors (Lipinski definition) is 1. The topological polar surface area (TPSA) is 41.6 Å². The van der Waals surface area contributed by atoms with Gasteiger partial charge in [0, 0.05) is 18.7 Å². The van der Waals surface area contributed by atoms with Gasteiger partial charge in [0.2, 0.25) is 0 Å². The summed E-state index contributed by atoms with van der Waals surface area (Å²) in [5, 5.41) is 2.67. The molecule has 0 atom stereocenters. The zero-order chi connectivity index (χ0) is 19.6. The molecule has 1 fully saturated rings. The molecule has 144 valence electrons. The van der Waals surface area contributed by atoms with Crippen molar-refractivity contribution in [3.8, 4) is 0 Å². The van der Waals surface area contributed by atoms with Crippen LogP contribution < -0.4 is 10.2 Å².